The van der Waals surface area contributed by atoms with Crippen LogP contribution in [0.4, 0.5) is 14.6 Å². The topological polar surface area (TPSA) is 80.0 Å². The van der Waals surface area contributed by atoms with Crippen molar-refractivity contribution in [3.8, 4) is 0 Å². The van der Waals surface area contributed by atoms with Crippen LogP contribution >= 0.6 is 15.9 Å². The molecule has 0 bridgehead atoms. The third kappa shape index (κ3) is 4.52. The fourth-order valence-corrected chi connectivity index (χ4v) is 4.12. The van der Waals surface area contributed by atoms with Gasteiger partial charge in [-0.15, -0.1) is 0 Å². The summed E-state index contributed by atoms with van der Waals surface area (Å²) in [5.74, 6) is -0.882. The lowest BCUT2D eigenvalue weighted by atomic mass is 10.1. The summed E-state index contributed by atoms with van der Waals surface area (Å²) in [6, 6.07) is 5.71. The Morgan fingerprint density at radius 1 is 1.39 bits per heavy atom. The van der Waals surface area contributed by atoms with Crippen molar-refractivity contribution in [1.82, 2.24) is 14.5 Å². The average Bonchev–Trinajstić information content (AvgIpc) is 3.31. The average molecular weight is 490 g/mol. The van der Waals surface area contributed by atoms with Crippen molar-refractivity contribution in [3.05, 3.63) is 83.1 Å². The van der Waals surface area contributed by atoms with Gasteiger partial charge in [0.25, 0.3) is 0 Å². The van der Waals surface area contributed by atoms with Crippen LogP contribution in [0.25, 0.3) is 0 Å². The number of ketones is 1. The lowest BCUT2D eigenvalue weighted by Gasteiger charge is -2.18. The van der Waals surface area contributed by atoms with E-state index in [1.165, 1.54) is 18.6 Å². The highest BCUT2D eigenvalue weighted by Gasteiger charge is 2.41. The minimum absolute atomic E-state index is 0.207. The summed E-state index contributed by atoms with van der Waals surface area (Å²) >= 11 is 3.17. The third-order valence-electron chi connectivity index (χ3n) is 5.39. The van der Waals surface area contributed by atoms with Crippen molar-refractivity contribution in [1.29, 1.82) is 0 Å². The molecule has 1 aromatic carbocycles. The van der Waals surface area contributed by atoms with Crippen LogP contribution < -0.4 is 5.32 Å². The van der Waals surface area contributed by atoms with Gasteiger partial charge in [-0.1, -0.05) is 6.07 Å². The van der Waals surface area contributed by atoms with E-state index in [2.05, 4.69) is 38.1 Å². The highest BCUT2D eigenvalue weighted by atomic mass is 79.9. The number of benzene rings is 1. The van der Waals surface area contributed by atoms with Crippen molar-refractivity contribution >= 4 is 27.5 Å². The molecule has 2 aromatic heterocycles. The van der Waals surface area contributed by atoms with Crippen LogP contribution in [0.15, 0.2) is 53.7 Å². The number of aliphatic hydroxyl groups is 1. The Bertz CT molecular complexity index is 1110. The van der Waals surface area contributed by atoms with Gasteiger partial charge in [-0.05, 0) is 59.0 Å². The first kappa shape index (κ1) is 21.6. The van der Waals surface area contributed by atoms with Crippen LogP contribution in [0, 0.1) is 18.7 Å². The maximum atomic E-state index is 14.3. The Balaban J connectivity index is 1.52. The van der Waals surface area contributed by atoms with Crippen molar-refractivity contribution in [2.24, 2.45) is 5.92 Å². The number of carbonyl (C=O) groups is 1. The van der Waals surface area contributed by atoms with Gasteiger partial charge in [0.1, 0.15) is 24.1 Å². The van der Waals surface area contributed by atoms with Crippen molar-refractivity contribution in [2.45, 2.75) is 31.3 Å². The van der Waals surface area contributed by atoms with Crippen molar-refractivity contribution in [2.75, 3.05) is 5.32 Å². The standard InChI is InChI=1S/C22H20BrF2N4O2/c1-12-6-18(19(25)20(12)30)28-22-15(8-26-11-27-22)21(31)14-4-5-29(10-14)9-13-2-3-17(24)16(23)7-13/h2-5,7-8,10-12,18-20,30H,1,6,9H2,(H,26,27,28)/t12-,18-,19-,20-/m1/s1. The van der Waals surface area contributed by atoms with E-state index in [9.17, 15) is 18.7 Å². The number of hydrogen-bond donors (Lipinski definition) is 2. The van der Waals surface area contributed by atoms with Crippen LogP contribution in [-0.2, 0) is 6.54 Å². The first-order valence-electron chi connectivity index (χ1n) is 9.69. The second kappa shape index (κ2) is 8.84. The zero-order chi connectivity index (χ0) is 22.1. The molecule has 31 heavy (non-hydrogen) atoms. The normalized spacial score (nSPS) is 23.1. The molecule has 0 unspecified atom stereocenters. The Kier molecular flexibility index (Phi) is 6.15. The smallest absolute Gasteiger partial charge is 0.199 e. The van der Waals surface area contributed by atoms with E-state index in [1.807, 2.05) is 4.57 Å². The van der Waals surface area contributed by atoms with Gasteiger partial charge in [0.05, 0.1) is 22.2 Å². The summed E-state index contributed by atoms with van der Waals surface area (Å²) in [6.45, 7) is 4.21. The number of carbonyl (C=O) groups excluding carboxylic acids is 1. The molecule has 0 spiro atoms. The van der Waals surface area contributed by atoms with E-state index in [1.54, 1.807) is 30.6 Å². The number of rotatable bonds is 6. The molecule has 1 aliphatic carbocycles. The Labute approximate surface area is 186 Å². The Morgan fingerprint density at radius 2 is 2.19 bits per heavy atom. The van der Waals surface area contributed by atoms with Gasteiger partial charge >= 0.3 is 0 Å². The van der Waals surface area contributed by atoms with Gasteiger partial charge in [0, 0.05) is 30.7 Å². The molecule has 2 heterocycles. The maximum absolute atomic E-state index is 14.3. The van der Waals surface area contributed by atoms with Crippen LogP contribution in [0.5, 0.6) is 0 Å². The predicted molar refractivity (Wildman–Crippen MR) is 115 cm³/mol. The molecule has 3 aromatic rings. The molecule has 6 nitrogen and oxygen atoms in total. The highest BCUT2D eigenvalue weighted by molar-refractivity contribution is 9.10. The predicted octanol–water partition coefficient (Wildman–Crippen LogP) is 3.79. The minimum atomic E-state index is -1.50. The van der Waals surface area contributed by atoms with Crippen LogP contribution in [0.2, 0.25) is 0 Å². The Morgan fingerprint density at radius 3 is 2.90 bits per heavy atom. The summed E-state index contributed by atoms with van der Waals surface area (Å²) in [4.78, 5) is 21.1. The van der Waals surface area contributed by atoms with Gasteiger partial charge in [0.2, 0.25) is 0 Å². The van der Waals surface area contributed by atoms with Crippen LogP contribution in [0.3, 0.4) is 0 Å². The Hall–Kier alpha value is -2.65. The maximum Gasteiger partial charge on any atom is 0.199 e. The molecule has 1 saturated carbocycles. The highest BCUT2D eigenvalue weighted by Crippen LogP contribution is 2.31. The van der Waals surface area contributed by atoms with Gasteiger partial charge < -0.3 is 15.0 Å². The molecule has 0 amide bonds. The fraction of sp³-hybridized carbons (Fsp3) is 0.273. The van der Waals surface area contributed by atoms with E-state index in [-0.39, 0.29) is 23.0 Å². The molecular formula is C22H20BrF2N4O2. The molecule has 0 aliphatic heterocycles. The number of anilines is 1. The SMILES string of the molecule is [CH2][C@@H]1C[C@@H](Nc2ncncc2C(=O)c2ccn(Cc3ccc(F)c(Br)c3)c2)[C@@H](F)[C@@H]1O. The number of aliphatic hydroxyl groups excluding tert-OH is 1. The molecule has 4 rings (SSSR count). The molecule has 0 saturated heterocycles. The number of nitrogens with one attached hydrogen (secondary N) is 1. The summed E-state index contributed by atoms with van der Waals surface area (Å²) in [7, 11) is 0. The lowest BCUT2D eigenvalue weighted by Crippen LogP contribution is -2.32. The first-order chi connectivity index (χ1) is 14.8. The molecule has 1 aliphatic rings. The fourth-order valence-electron chi connectivity index (χ4n) is 3.70. The van der Waals surface area contributed by atoms with E-state index in [0.29, 0.717) is 23.0 Å². The van der Waals surface area contributed by atoms with Gasteiger partial charge in [0.15, 0.2) is 5.78 Å². The minimum Gasteiger partial charge on any atom is -0.390 e. The zero-order valence-electron chi connectivity index (χ0n) is 16.4. The van der Waals surface area contributed by atoms with E-state index >= 15 is 0 Å². The third-order valence-corrected chi connectivity index (χ3v) is 6.00. The quantitative estimate of drug-likeness (QED) is 0.515. The molecule has 1 radical (unpaired) electrons. The van der Waals surface area contributed by atoms with E-state index in [4.69, 9.17) is 0 Å². The summed E-state index contributed by atoms with van der Waals surface area (Å²) in [6.07, 6.45) is 3.75. The second-order valence-corrected chi connectivity index (χ2v) is 8.47. The summed E-state index contributed by atoms with van der Waals surface area (Å²) in [5.41, 5.74) is 1.49. The van der Waals surface area contributed by atoms with Crippen LogP contribution in [-0.4, -0.2) is 43.7 Å². The number of alkyl halides is 1. The molecule has 161 valence electrons. The summed E-state index contributed by atoms with van der Waals surface area (Å²) in [5, 5.41) is 12.8. The monoisotopic (exact) mass is 489 g/mol. The lowest BCUT2D eigenvalue weighted by molar-refractivity contribution is 0.0793. The number of hydrogen-bond acceptors (Lipinski definition) is 5. The van der Waals surface area contributed by atoms with Crippen molar-refractivity contribution in [3.63, 3.8) is 0 Å². The zero-order valence-corrected chi connectivity index (χ0v) is 18.0. The number of nitrogens with zero attached hydrogens (tertiary/aromatic N) is 3. The second-order valence-electron chi connectivity index (χ2n) is 7.62. The number of aromatic nitrogens is 3. The first-order valence-corrected chi connectivity index (χ1v) is 10.5. The van der Waals surface area contributed by atoms with Crippen molar-refractivity contribution < 1.29 is 18.7 Å². The van der Waals surface area contributed by atoms with Gasteiger partial charge in [-0.3, -0.25) is 4.79 Å². The van der Waals surface area contributed by atoms with Gasteiger partial charge in [-0.25, -0.2) is 18.7 Å². The number of halogens is 3. The van der Waals surface area contributed by atoms with Crippen LogP contribution in [0.1, 0.15) is 27.9 Å². The summed E-state index contributed by atoms with van der Waals surface area (Å²) < 4.78 is 29.9. The molecule has 2 N–H and O–H groups in total. The molecule has 1 fully saturated rings. The van der Waals surface area contributed by atoms with Gasteiger partial charge in [-0.2, -0.15) is 0 Å². The van der Waals surface area contributed by atoms with E-state index < -0.39 is 24.2 Å². The molecular weight excluding hydrogens is 470 g/mol. The molecule has 9 heteroatoms. The van der Waals surface area contributed by atoms with E-state index in [0.717, 1.165) is 5.56 Å². The molecule has 4 atom stereocenters. The largest absolute Gasteiger partial charge is 0.390 e.